The van der Waals surface area contributed by atoms with Gasteiger partial charge in [0.2, 0.25) is 0 Å². The molecule has 0 saturated carbocycles. The second kappa shape index (κ2) is 7.59. The van der Waals surface area contributed by atoms with E-state index in [0.29, 0.717) is 11.3 Å². The van der Waals surface area contributed by atoms with Crippen molar-refractivity contribution in [3.05, 3.63) is 77.0 Å². The molecule has 0 spiro atoms. The van der Waals surface area contributed by atoms with Crippen LogP contribution >= 0.6 is 0 Å². The molecule has 0 fully saturated rings. The van der Waals surface area contributed by atoms with Gasteiger partial charge in [-0.2, -0.15) is 13.2 Å². The van der Waals surface area contributed by atoms with Crippen LogP contribution in [0.3, 0.4) is 0 Å². The zero-order chi connectivity index (χ0) is 20.3. The number of benzene rings is 2. The standard InChI is InChI=1S/C20H16F3N3O2/c1-25-19(27)17-16(28-26-18(17)12-6-3-2-4-7-12)11-15(24)13-8-5-9-14(10-13)20(21,22)23/h2-11H,24H2,1H3,(H,25,27). The zero-order valence-corrected chi connectivity index (χ0v) is 14.7. The number of rotatable bonds is 4. The van der Waals surface area contributed by atoms with Crippen molar-refractivity contribution in [2.75, 3.05) is 7.05 Å². The minimum absolute atomic E-state index is 0.00650. The SMILES string of the molecule is CNC(=O)c1c(-c2ccccc2)noc1C=C(N)c1cccc(C(F)(F)F)c1. The molecule has 0 aliphatic heterocycles. The van der Waals surface area contributed by atoms with E-state index >= 15 is 0 Å². The van der Waals surface area contributed by atoms with Crippen molar-refractivity contribution >= 4 is 17.7 Å². The van der Waals surface area contributed by atoms with Crippen LogP contribution in [0.25, 0.3) is 23.0 Å². The molecule has 1 aromatic heterocycles. The highest BCUT2D eigenvalue weighted by atomic mass is 19.4. The van der Waals surface area contributed by atoms with E-state index in [4.69, 9.17) is 10.3 Å². The highest BCUT2D eigenvalue weighted by Gasteiger charge is 2.30. The molecule has 3 aromatic rings. The Morgan fingerprint density at radius 2 is 1.86 bits per heavy atom. The smallest absolute Gasteiger partial charge is 0.398 e. The zero-order valence-electron chi connectivity index (χ0n) is 14.7. The summed E-state index contributed by atoms with van der Waals surface area (Å²) in [5, 5.41) is 6.45. The summed E-state index contributed by atoms with van der Waals surface area (Å²) >= 11 is 0. The lowest BCUT2D eigenvalue weighted by Gasteiger charge is -2.09. The Labute approximate surface area is 158 Å². The maximum absolute atomic E-state index is 12.9. The first-order valence-corrected chi connectivity index (χ1v) is 8.23. The normalized spacial score (nSPS) is 12.1. The van der Waals surface area contributed by atoms with Crippen LogP contribution in [-0.4, -0.2) is 18.1 Å². The first kappa shape index (κ1) is 19.2. The van der Waals surface area contributed by atoms with Crippen LogP contribution < -0.4 is 11.1 Å². The minimum atomic E-state index is -4.49. The number of amides is 1. The van der Waals surface area contributed by atoms with Gasteiger partial charge in [0, 0.05) is 24.4 Å². The van der Waals surface area contributed by atoms with Gasteiger partial charge in [-0.05, 0) is 17.7 Å². The molecular formula is C20H16F3N3O2. The predicted molar refractivity (Wildman–Crippen MR) is 98.8 cm³/mol. The molecule has 144 valence electrons. The van der Waals surface area contributed by atoms with Gasteiger partial charge in [0.15, 0.2) is 5.76 Å². The molecule has 2 aromatic carbocycles. The van der Waals surface area contributed by atoms with Crippen molar-refractivity contribution in [3.8, 4) is 11.3 Å². The van der Waals surface area contributed by atoms with Gasteiger partial charge in [0.05, 0.1) is 5.56 Å². The Balaban J connectivity index is 2.07. The Hall–Kier alpha value is -3.55. The number of aromatic nitrogens is 1. The molecule has 5 nitrogen and oxygen atoms in total. The first-order chi connectivity index (χ1) is 13.3. The van der Waals surface area contributed by atoms with Crippen LogP contribution in [0.5, 0.6) is 0 Å². The van der Waals surface area contributed by atoms with Gasteiger partial charge in [0.25, 0.3) is 5.91 Å². The second-order valence-electron chi connectivity index (χ2n) is 5.89. The number of hydrogen-bond acceptors (Lipinski definition) is 4. The van der Waals surface area contributed by atoms with Crippen LogP contribution in [0.4, 0.5) is 13.2 Å². The van der Waals surface area contributed by atoms with Crippen molar-refractivity contribution in [2.24, 2.45) is 5.73 Å². The van der Waals surface area contributed by atoms with Crippen molar-refractivity contribution in [1.29, 1.82) is 0 Å². The molecule has 28 heavy (non-hydrogen) atoms. The van der Waals surface area contributed by atoms with Crippen LogP contribution in [0.2, 0.25) is 0 Å². The summed E-state index contributed by atoms with van der Waals surface area (Å²) in [7, 11) is 1.45. The third-order valence-corrected chi connectivity index (χ3v) is 4.03. The number of halogens is 3. The van der Waals surface area contributed by atoms with E-state index in [0.717, 1.165) is 12.1 Å². The van der Waals surface area contributed by atoms with E-state index in [1.807, 2.05) is 6.07 Å². The summed E-state index contributed by atoms with van der Waals surface area (Å²) in [4.78, 5) is 12.4. The van der Waals surface area contributed by atoms with E-state index < -0.39 is 17.6 Å². The summed E-state index contributed by atoms with van der Waals surface area (Å²) in [6.07, 6.45) is -3.20. The van der Waals surface area contributed by atoms with E-state index in [2.05, 4.69) is 10.5 Å². The lowest BCUT2D eigenvalue weighted by atomic mass is 10.0. The fraction of sp³-hybridized carbons (Fsp3) is 0.100. The molecule has 0 unspecified atom stereocenters. The van der Waals surface area contributed by atoms with Crippen molar-refractivity contribution < 1.29 is 22.5 Å². The highest BCUT2D eigenvalue weighted by Crippen LogP contribution is 2.31. The molecule has 0 aliphatic rings. The number of carbonyl (C=O) groups excluding carboxylic acids is 1. The molecule has 0 aliphatic carbocycles. The van der Waals surface area contributed by atoms with Crippen molar-refractivity contribution in [1.82, 2.24) is 10.5 Å². The summed E-state index contributed by atoms with van der Waals surface area (Å²) in [5.74, 6) is -0.406. The predicted octanol–water partition coefficient (Wildman–Crippen LogP) is 4.18. The monoisotopic (exact) mass is 387 g/mol. The molecular weight excluding hydrogens is 371 g/mol. The highest BCUT2D eigenvalue weighted by molar-refractivity contribution is 6.03. The van der Waals surface area contributed by atoms with E-state index in [-0.39, 0.29) is 22.6 Å². The largest absolute Gasteiger partial charge is 0.416 e. The Bertz CT molecular complexity index is 1020. The average molecular weight is 387 g/mol. The van der Waals surface area contributed by atoms with Gasteiger partial charge in [-0.25, -0.2) is 0 Å². The fourth-order valence-corrected chi connectivity index (χ4v) is 2.64. The summed E-state index contributed by atoms with van der Waals surface area (Å²) in [6, 6.07) is 13.5. The maximum Gasteiger partial charge on any atom is 0.416 e. The van der Waals surface area contributed by atoms with Crippen LogP contribution in [0, 0.1) is 0 Å². The minimum Gasteiger partial charge on any atom is -0.398 e. The van der Waals surface area contributed by atoms with Crippen LogP contribution in [-0.2, 0) is 6.18 Å². The van der Waals surface area contributed by atoms with E-state index in [1.165, 1.54) is 25.3 Å². The van der Waals surface area contributed by atoms with Crippen LogP contribution in [0.1, 0.15) is 27.2 Å². The summed E-state index contributed by atoms with van der Waals surface area (Å²) in [5.41, 5.74) is 6.41. The number of carbonyl (C=O) groups is 1. The molecule has 0 bridgehead atoms. The first-order valence-electron chi connectivity index (χ1n) is 8.23. The topological polar surface area (TPSA) is 81.2 Å². The second-order valence-corrected chi connectivity index (χ2v) is 5.89. The lowest BCUT2D eigenvalue weighted by Crippen LogP contribution is -2.19. The Kier molecular flexibility index (Phi) is 5.21. The van der Waals surface area contributed by atoms with Crippen LogP contribution in [0.15, 0.2) is 59.1 Å². The molecule has 0 radical (unpaired) electrons. The maximum atomic E-state index is 12.9. The quantitative estimate of drug-likeness (QED) is 0.704. The average Bonchev–Trinajstić information content (AvgIpc) is 3.11. The van der Waals surface area contributed by atoms with Gasteiger partial charge < -0.3 is 15.6 Å². The molecule has 3 N–H and O–H groups in total. The molecule has 1 amide bonds. The molecule has 1 heterocycles. The number of hydrogen-bond donors (Lipinski definition) is 2. The third kappa shape index (κ3) is 3.90. The molecule has 0 saturated heterocycles. The fourth-order valence-electron chi connectivity index (χ4n) is 2.64. The number of nitrogens with one attached hydrogen (secondary N) is 1. The Morgan fingerprint density at radius 3 is 2.50 bits per heavy atom. The number of nitrogens with two attached hydrogens (primary N) is 1. The molecule has 3 rings (SSSR count). The summed E-state index contributed by atoms with van der Waals surface area (Å²) in [6.45, 7) is 0. The van der Waals surface area contributed by atoms with Gasteiger partial charge in [-0.3, -0.25) is 4.79 Å². The number of alkyl halides is 3. The van der Waals surface area contributed by atoms with E-state index in [1.54, 1.807) is 24.3 Å². The molecule has 0 atom stereocenters. The lowest BCUT2D eigenvalue weighted by molar-refractivity contribution is -0.137. The summed E-state index contributed by atoms with van der Waals surface area (Å²) < 4.78 is 44.0. The molecule has 8 heteroatoms. The van der Waals surface area contributed by atoms with Crippen molar-refractivity contribution in [3.63, 3.8) is 0 Å². The van der Waals surface area contributed by atoms with Gasteiger partial charge in [-0.15, -0.1) is 0 Å². The Morgan fingerprint density at radius 1 is 1.14 bits per heavy atom. The van der Waals surface area contributed by atoms with Gasteiger partial charge in [0.1, 0.15) is 11.3 Å². The van der Waals surface area contributed by atoms with E-state index in [9.17, 15) is 18.0 Å². The van der Waals surface area contributed by atoms with Gasteiger partial charge in [-0.1, -0.05) is 47.6 Å². The van der Waals surface area contributed by atoms with Crippen molar-refractivity contribution in [2.45, 2.75) is 6.18 Å². The number of nitrogens with zero attached hydrogens (tertiary/aromatic N) is 1. The van der Waals surface area contributed by atoms with Gasteiger partial charge >= 0.3 is 6.18 Å². The third-order valence-electron chi connectivity index (χ3n) is 4.03.